The topological polar surface area (TPSA) is 65.5 Å². The maximum absolute atomic E-state index is 12.1. The van der Waals surface area contributed by atoms with Crippen LogP contribution in [-0.4, -0.2) is 40.0 Å². The number of hydrogen-bond acceptors (Lipinski definition) is 4. The number of likely N-dealkylation sites (tertiary alicyclic amines) is 1. The Morgan fingerprint density at radius 3 is 2.64 bits per heavy atom. The fraction of sp³-hybridized carbons (Fsp3) is 0.478. The molecule has 2 N–H and O–H groups in total. The first-order valence-corrected chi connectivity index (χ1v) is 10.3. The van der Waals surface area contributed by atoms with Gasteiger partial charge in [0, 0.05) is 31.4 Å². The minimum atomic E-state index is 0.131. The summed E-state index contributed by atoms with van der Waals surface area (Å²) in [6.07, 6.45) is 8.43. The molecule has 0 spiro atoms. The van der Waals surface area contributed by atoms with E-state index in [1.807, 2.05) is 24.3 Å². The van der Waals surface area contributed by atoms with Crippen LogP contribution >= 0.6 is 0 Å². The van der Waals surface area contributed by atoms with E-state index >= 15 is 0 Å². The van der Waals surface area contributed by atoms with Gasteiger partial charge in [0.05, 0.1) is 0 Å². The number of nitrogens with one attached hydrogen (secondary N) is 1. The van der Waals surface area contributed by atoms with Gasteiger partial charge in [-0.15, -0.1) is 0 Å². The molecule has 1 fully saturated rings. The molecule has 1 aliphatic rings. The van der Waals surface area contributed by atoms with Crippen LogP contribution in [0.25, 0.3) is 0 Å². The SMILES string of the molecule is C[C@@H](Cc1ccc(O)cc1)N1CCC(CCC(=O)NCc2cccnc2)CC1. The highest BCUT2D eigenvalue weighted by molar-refractivity contribution is 5.75. The van der Waals surface area contributed by atoms with Gasteiger partial charge in [0.2, 0.25) is 5.91 Å². The number of rotatable bonds is 8. The number of carbonyl (C=O) groups excluding carboxylic acids is 1. The molecule has 1 atom stereocenters. The predicted octanol–water partition coefficient (Wildman–Crippen LogP) is 3.53. The predicted molar refractivity (Wildman–Crippen MR) is 111 cm³/mol. The molecule has 2 aromatic rings. The third-order valence-electron chi connectivity index (χ3n) is 5.73. The zero-order valence-electron chi connectivity index (χ0n) is 16.7. The summed E-state index contributed by atoms with van der Waals surface area (Å²) in [5.41, 5.74) is 2.30. The number of nitrogens with zero attached hydrogens (tertiary/aromatic N) is 2. The van der Waals surface area contributed by atoms with E-state index in [9.17, 15) is 9.90 Å². The molecule has 5 nitrogen and oxygen atoms in total. The summed E-state index contributed by atoms with van der Waals surface area (Å²) in [6, 6.07) is 11.9. The van der Waals surface area contributed by atoms with Gasteiger partial charge in [0.15, 0.2) is 0 Å². The van der Waals surface area contributed by atoms with E-state index in [1.54, 1.807) is 24.5 Å². The van der Waals surface area contributed by atoms with Crippen molar-refractivity contribution in [2.24, 2.45) is 5.92 Å². The molecule has 5 heteroatoms. The fourth-order valence-corrected chi connectivity index (χ4v) is 3.91. The molecule has 1 aromatic heterocycles. The number of aromatic nitrogens is 1. The number of amides is 1. The van der Waals surface area contributed by atoms with E-state index in [0.717, 1.165) is 44.3 Å². The molecule has 1 aliphatic heterocycles. The Balaban J connectivity index is 1.33. The number of hydrogen-bond donors (Lipinski definition) is 2. The number of phenols is 1. The van der Waals surface area contributed by atoms with E-state index in [0.29, 0.717) is 30.7 Å². The van der Waals surface area contributed by atoms with E-state index in [4.69, 9.17) is 0 Å². The van der Waals surface area contributed by atoms with Crippen LogP contribution in [0.2, 0.25) is 0 Å². The second-order valence-corrected chi connectivity index (χ2v) is 7.88. The Bertz CT molecular complexity index is 725. The standard InChI is InChI=1S/C23H31N3O2/c1-18(15-20-4-7-22(27)8-5-20)26-13-10-19(11-14-26)6-9-23(28)25-17-21-3-2-12-24-16-21/h2-5,7-8,12,16,18-19,27H,6,9-11,13-15,17H2,1H3,(H,25,28)/t18-/m0/s1. The first kappa shape index (κ1) is 20.3. The summed E-state index contributed by atoms with van der Waals surface area (Å²) >= 11 is 0. The van der Waals surface area contributed by atoms with E-state index < -0.39 is 0 Å². The lowest BCUT2D eigenvalue weighted by Gasteiger charge is -2.36. The van der Waals surface area contributed by atoms with Gasteiger partial charge in [-0.1, -0.05) is 18.2 Å². The van der Waals surface area contributed by atoms with Crippen molar-refractivity contribution in [3.63, 3.8) is 0 Å². The summed E-state index contributed by atoms with van der Waals surface area (Å²) in [4.78, 5) is 18.7. The number of pyridine rings is 1. The van der Waals surface area contributed by atoms with Crippen LogP contribution in [0.15, 0.2) is 48.8 Å². The van der Waals surface area contributed by atoms with Crippen molar-refractivity contribution in [3.8, 4) is 5.75 Å². The summed E-state index contributed by atoms with van der Waals surface area (Å²) in [6.45, 7) is 5.03. The average molecular weight is 382 g/mol. The molecule has 0 aliphatic carbocycles. The van der Waals surface area contributed by atoms with Crippen molar-refractivity contribution in [2.45, 2.75) is 51.6 Å². The normalized spacial score (nSPS) is 16.6. The molecule has 28 heavy (non-hydrogen) atoms. The number of piperidine rings is 1. The van der Waals surface area contributed by atoms with Crippen LogP contribution in [0.5, 0.6) is 5.75 Å². The minimum Gasteiger partial charge on any atom is -0.508 e. The zero-order chi connectivity index (χ0) is 19.8. The third kappa shape index (κ3) is 6.34. The quantitative estimate of drug-likeness (QED) is 0.734. The molecule has 3 rings (SSSR count). The maximum atomic E-state index is 12.1. The lowest BCUT2D eigenvalue weighted by molar-refractivity contribution is -0.121. The Morgan fingerprint density at radius 1 is 1.21 bits per heavy atom. The lowest BCUT2D eigenvalue weighted by atomic mass is 9.91. The molecule has 1 saturated heterocycles. The van der Waals surface area contributed by atoms with Gasteiger partial charge in [-0.3, -0.25) is 9.78 Å². The lowest BCUT2D eigenvalue weighted by Crippen LogP contribution is -2.41. The van der Waals surface area contributed by atoms with Crippen molar-refractivity contribution in [1.29, 1.82) is 0 Å². The van der Waals surface area contributed by atoms with Crippen molar-refractivity contribution in [3.05, 3.63) is 59.9 Å². The summed E-state index contributed by atoms with van der Waals surface area (Å²) < 4.78 is 0. The first-order valence-electron chi connectivity index (χ1n) is 10.3. The van der Waals surface area contributed by atoms with Gasteiger partial charge >= 0.3 is 0 Å². The Hall–Kier alpha value is -2.40. The highest BCUT2D eigenvalue weighted by Crippen LogP contribution is 2.24. The van der Waals surface area contributed by atoms with Crippen LogP contribution in [0.1, 0.15) is 43.7 Å². The van der Waals surface area contributed by atoms with Crippen LogP contribution in [0.3, 0.4) is 0 Å². The molecule has 1 amide bonds. The van der Waals surface area contributed by atoms with Crippen LogP contribution in [0.4, 0.5) is 0 Å². The van der Waals surface area contributed by atoms with Crippen LogP contribution in [-0.2, 0) is 17.8 Å². The Morgan fingerprint density at radius 2 is 1.96 bits per heavy atom. The van der Waals surface area contributed by atoms with Gasteiger partial charge in [0.1, 0.15) is 5.75 Å². The van der Waals surface area contributed by atoms with Gasteiger partial charge in [-0.25, -0.2) is 0 Å². The molecular formula is C23H31N3O2. The van der Waals surface area contributed by atoms with Crippen LogP contribution in [0, 0.1) is 5.92 Å². The van der Waals surface area contributed by atoms with Crippen molar-refractivity contribution >= 4 is 5.91 Å². The molecule has 1 aromatic carbocycles. The van der Waals surface area contributed by atoms with Crippen molar-refractivity contribution in [2.75, 3.05) is 13.1 Å². The van der Waals surface area contributed by atoms with E-state index in [-0.39, 0.29) is 5.91 Å². The Labute approximate surface area is 167 Å². The molecule has 2 heterocycles. The van der Waals surface area contributed by atoms with Crippen molar-refractivity contribution < 1.29 is 9.90 Å². The molecule has 0 radical (unpaired) electrons. The summed E-state index contributed by atoms with van der Waals surface area (Å²) in [5, 5.41) is 12.4. The van der Waals surface area contributed by atoms with Crippen molar-refractivity contribution in [1.82, 2.24) is 15.2 Å². The first-order chi connectivity index (χ1) is 13.6. The smallest absolute Gasteiger partial charge is 0.220 e. The zero-order valence-corrected chi connectivity index (χ0v) is 16.7. The highest BCUT2D eigenvalue weighted by Gasteiger charge is 2.23. The summed E-state index contributed by atoms with van der Waals surface area (Å²) in [5.74, 6) is 1.09. The average Bonchev–Trinajstić information content (AvgIpc) is 2.73. The maximum Gasteiger partial charge on any atom is 0.220 e. The molecule has 0 unspecified atom stereocenters. The molecule has 150 valence electrons. The Kier molecular flexibility index (Phi) is 7.43. The van der Waals surface area contributed by atoms with Gasteiger partial charge in [-0.05, 0) is 80.9 Å². The number of carbonyl (C=O) groups is 1. The molecule has 0 bridgehead atoms. The van der Waals surface area contributed by atoms with Gasteiger partial charge in [0.25, 0.3) is 0 Å². The highest BCUT2D eigenvalue weighted by atomic mass is 16.3. The summed E-state index contributed by atoms with van der Waals surface area (Å²) in [7, 11) is 0. The monoisotopic (exact) mass is 381 g/mol. The molecular weight excluding hydrogens is 350 g/mol. The van der Waals surface area contributed by atoms with Gasteiger partial charge < -0.3 is 15.3 Å². The fourth-order valence-electron chi connectivity index (χ4n) is 3.91. The van der Waals surface area contributed by atoms with Crippen LogP contribution < -0.4 is 5.32 Å². The second kappa shape index (κ2) is 10.2. The van der Waals surface area contributed by atoms with E-state index in [2.05, 4.69) is 22.1 Å². The number of phenolic OH excluding ortho intramolecular Hbond substituents is 1. The largest absolute Gasteiger partial charge is 0.508 e. The molecule has 0 saturated carbocycles. The van der Waals surface area contributed by atoms with Gasteiger partial charge in [-0.2, -0.15) is 0 Å². The third-order valence-corrected chi connectivity index (χ3v) is 5.73. The second-order valence-electron chi connectivity index (χ2n) is 7.88. The number of benzene rings is 1. The van der Waals surface area contributed by atoms with E-state index in [1.165, 1.54) is 5.56 Å². The minimum absolute atomic E-state index is 0.131. The number of aromatic hydroxyl groups is 1.